The topological polar surface area (TPSA) is 31.4 Å². The Labute approximate surface area is 117 Å². The molecule has 6 heteroatoms. The molecule has 2 fully saturated rings. The van der Waals surface area contributed by atoms with Crippen molar-refractivity contribution in [1.29, 1.82) is 0 Å². The van der Waals surface area contributed by atoms with E-state index in [9.17, 15) is 8.78 Å². The predicted molar refractivity (Wildman–Crippen MR) is 75.1 cm³/mol. The summed E-state index contributed by atoms with van der Waals surface area (Å²) in [6, 6.07) is 1.66. The first-order chi connectivity index (χ1) is 9.69. The van der Waals surface area contributed by atoms with Gasteiger partial charge in [-0.2, -0.15) is 0 Å². The van der Waals surface area contributed by atoms with E-state index in [-0.39, 0.29) is 11.6 Å². The molecule has 0 aromatic carbocycles. The van der Waals surface area contributed by atoms with Crippen LogP contribution in [0.2, 0.25) is 0 Å². The maximum atomic E-state index is 13.9. The van der Waals surface area contributed by atoms with Crippen molar-refractivity contribution in [3.05, 3.63) is 17.7 Å². The standard InChI is InChI=1S/C14H20F2N4/c1-2-17-13-11(15)9-12(16)14(18-13)20-7-5-19(6-8-20)10-3-4-10/h9-10H,2-8H2,1H3,(H,17,18). The van der Waals surface area contributed by atoms with E-state index in [4.69, 9.17) is 0 Å². The number of hydrogen-bond donors (Lipinski definition) is 1. The molecule has 2 heterocycles. The quantitative estimate of drug-likeness (QED) is 0.916. The molecule has 0 spiro atoms. The second kappa shape index (κ2) is 5.52. The molecule has 1 aromatic rings. The van der Waals surface area contributed by atoms with E-state index < -0.39 is 11.6 Å². The number of piperazine rings is 1. The van der Waals surface area contributed by atoms with Crippen molar-refractivity contribution in [1.82, 2.24) is 9.88 Å². The summed E-state index contributed by atoms with van der Waals surface area (Å²) >= 11 is 0. The Hall–Kier alpha value is -1.43. The van der Waals surface area contributed by atoms with E-state index in [1.54, 1.807) is 0 Å². The molecule has 0 radical (unpaired) electrons. The lowest BCUT2D eigenvalue weighted by Gasteiger charge is -2.35. The largest absolute Gasteiger partial charge is 0.368 e. The van der Waals surface area contributed by atoms with Crippen LogP contribution in [-0.4, -0.2) is 48.6 Å². The van der Waals surface area contributed by atoms with E-state index in [1.807, 2.05) is 11.8 Å². The number of aromatic nitrogens is 1. The highest BCUT2D eigenvalue weighted by Crippen LogP contribution is 2.29. The Morgan fingerprint density at radius 2 is 1.90 bits per heavy atom. The maximum Gasteiger partial charge on any atom is 0.168 e. The fourth-order valence-electron chi connectivity index (χ4n) is 2.71. The summed E-state index contributed by atoms with van der Waals surface area (Å²) in [4.78, 5) is 8.48. The zero-order valence-electron chi connectivity index (χ0n) is 11.7. The first kappa shape index (κ1) is 13.5. The average Bonchev–Trinajstić information content (AvgIpc) is 3.27. The molecular weight excluding hydrogens is 262 g/mol. The number of nitrogens with one attached hydrogen (secondary N) is 1. The number of rotatable bonds is 4. The van der Waals surface area contributed by atoms with Crippen molar-refractivity contribution in [3.8, 4) is 0 Å². The number of halogens is 2. The summed E-state index contributed by atoms with van der Waals surface area (Å²) < 4.78 is 27.5. The highest BCUT2D eigenvalue weighted by atomic mass is 19.1. The molecule has 0 unspecified atom stereocenters. The van der Waals surface area contributed by atoms with E-state index >= 15 is 0 Å². The fourth-order valence-corrected chi connectivity index (χ4v) is 2.71. The van der Waals surface area contributed by atoms with Gasteiger partial charge in [-0.3, -0.25) is 4.90 Å². The van der Waals surface area contributed by atoms with Gasteiger partial charge in [0.2, 0.25) is 0 Å². The second-order valence-corrected chi connectivity index (χ2v) is 5.41. The first-order valence-corrected chi connectivity index (χ1v) is 7.28. The van der Waals surface area contributed by atoms with E-state index in [1.165, 1.54) is 12.8 Å². The third kappa shape index (κ3) is 2.70. The van der Waals surface area contributed by atoms with Gasteiger partial charge in [0.25, 0.3) is 0 Å². The van der Waals surface area contributed by atoms with Crippen molar-refractivity contribution in [2.45, 2.75) is 25.8 Å². The fraction of sp³-hybridized carbons (Fsp3) is 0.643. The van der Waals surface area contributed by atoms with Crippen molar-refractivity contribution in [3.63, 3.8) is 0 Å². The van der Waals surface area contributed by atoms with Crippen LogP contribution in [0.1, 0.15) is 19.8 Å². The summed E-state index contributed by atoms with van der Waals surface area (Å²) in [7, 11) is 0. The van der Waals surface area contributed by atoms with E-state index in [2.05, 4.69) is 15.2 Å². The van der Waals surface area contributed by atoms with Gasteiger partial charge in [-0.1, -0.05) is 0 Å². The van der Waals surface area contributed by atoms with Crippen molar-refractivity contribution < 1.29 is 8.78 Å². The zero-order valence-corrected chi connectivity index (χ0v) is 11.7. The minimum Gasteiger partial charge on any atom is -0.368 e. The van der Waals surface area contributed by atoms with Crippen LogP contribution < -0.4 is 10.2 Å². The number of pyridine rings is 1. The van der Waals surface area contributed by atoms with Crippen LogP contribution in [-0.2, 0) is 0 Å². The summed E-state index contributed by atoms with van der Waals surface area (Å²) in [5.41, 5.74) is 0. The van der Waals surface area contributed by atoms with Gasteiger partial charge < -0.3 is 10.2 Å². The molecule has 1 aliphatic heterocycles. The Kier molecular flexibility index (Phi) is 3.74. The molecule has 4 nitrogen and oxygen atoms in total. The number of nitrogens with zero attached hydrogens (tertiary/aromatic N) is 3. The van der Waals surface area contributed by atoms with Gasteiger partial charge in [-0.25, -0.2) is 13.8 Å². The SMILES string of the molecule is CCNc1nc(N2CCN(C3CC3)CC2)c(F)cc1F. The predicted octanol–water partition coefficient (Wildman–Crippen LogP) is 2.08. The number of hydrogen-bond acceptors (Lipinski definition) is 4. The first-order valence-electron chi connectivity index (χ1n) is 7.28. The highest BCUT2D eigenvalue weighted by molar-refractivity contribution is 5.49. The van der Waals surface area contributed by atoms with Gasteiger partial charge in [-0.15, -0.1) is 0 Å². The van der Waals surface area contributed by atoms with Crippen LogP contribution in [0.5, 0.6) is 0 Å². The summed E-state index contributed by atoms with van der Waals surface area (Å²) in [6.45, 7) is 5.78. The lowest BCUT2D eigenvalue weighted by molar-refractivity contribution is 0.247. The van der Waals surface area contributed by atoms with Crippen molar-refractivity contribution >= 4 is 11.6 Å². The van der Waals surface area contributed by atoms with Gasteiger partial charge in [0.15, 0.2) is 23.3 Å². The molecule has 0 atom stereocenters. The van der Waals surface area contributed by atoms with Gasteiger partial charge in [0.1, 0.15) is 0 Å². The Morgan fingerprint density at radius 3 is 2.50 bits per heavy atom. The van der Waals surface area contributed by atoms with Crippen LogP contribution in [0, 0.1) is 11.6 Å². The molecule has 2 aliphatic rings. The minimum absolute atomic E-state index is 0.133. The molecule has 1 saturated carbocycles. The molecule has 1 N–H and O–H groups in total. The average molecular weight is 282 g/mol. The van der Waals surface area contributed by atoms with Gasteiger partial charge in [-0.05, 0) is 19.8 Å². The molecule has 20 heavy (non-hydrogen) atoms. The van der Waals surface area contributed by atoms with Gasteiger partial charge in [0, 0.05) is 44.8 Å². The molecule has 1 aromatic heterocycles. The van der Waals surface area contributed by atoms with Crippen LogP contribution in [0.25, 0.3) is 0 Å². The van der Waals surface area contributed by atoms with Crippen LogP contribution in [0.15, 0.2) is 6.07 Å². The lowest BCUT2D eigenvalue weighted by Crippen LogP contribution is -2.47. The minimum atomic E-state index is -0.635. The maximum absolute atomic E-state index is 13.9. The Balaban J connectivity index is 1.74. The molecule has 0 bridgehead atoms. The molecular formula is C14H20F2N4. The van der Waals surface area contributed by atoms with Crippen LogP contribution in [0.4, 0.5) is 20.4 Å². The number of anilines is 2. The van der Waals surface area contributed by atoms with Crippen LogP contribution in [0.3, 0.4) is 0 Å². The molecule has 110 valence electrons. The third-order valence-corrected chi connectivity index (χ3v) is 3.93. The second-order valence-electron chi connectivity index (χ2n) is 5.41. The highest BCUT2D eigenvalue weighted by Gasteiger charge is 2.32. The summed E-state index contributed by atoms with van der Waals surface area (Å²) in [5.74, 6) is -0.819. The van der Waals surface area contributed by atoms with Gasteiger partial charge >= 0.3 is 0 Å². The summed E-state index contributed by atoms with van der Waals surface area (Å²) in [5, 5.41) is 2.83. The zero-order chi connectivity index (χ0) is 14.1. The molecule has 3 rings (SSSR count). The van der Waals surface area contributed by atoms with Crippen molar-refractivity contribution in [2.75, 3.05) is 42.9 Å². The normalized spacial score (nSPS) is 20.2. The monoisotopic (exact) mass is 282 g/mol. The Morgan fingerprint density at radius 1 is 1.20 bits per heavy atom. The van der Waals surface area contributed by atoms with E-state index in [0.717, 1.165) is 38.3 Å². The molecule has 0 amide bonds. The third-order valence-electron chi connectivity index (χ3n) is 3.93. The smallest absolute Gasteiger partial charge is 0.168 e. The van der Waals surface area contributed by atoms with Gasteiger partial charge in [0.05, 0.1) is 0 Å². The van der Waals surface area contributed by atoms with Crippen molar-refractivity contribution in [2.24, 2.45) is 0 Å². The lowest BCUT2D eigenvalue weighted by atomic mass is 10.3. The van der Waals surface area contributed by atoms with E-state index in [0.29, 0.717) is 6.54 Å². The summed E-state index contributed by atoms with van der Waals surface area (Å²) in [6.07, 6.45) is 2.57. The van der Waals surface area contributed by atoms with Crippen LogP contribution >= 0.6 is 0 Å². The molecule has 1 saturated heterocycles. The Bertz CT molecular complexity index is 482. The molecule has 1 aliphatic carbocycles.